The van der Waals surface area contributed by atoms with Crippen LogP contribution >= 0.6 is 0 Å². The van der Waals surface area contributed by atoms with Gasteiger partial charge in [-0.25, -0.2) is 17.2 Å². The summed E-state index contributed by atoms with van der Waals surface area (Å²) in [5, 5.41) is 0. The van der Waals surface area contributed by atoms with Crippen molar-refractivity contribution >= 4 is 15.7 Å². The lowest BCUT2D eigenvalue weighted by atomic mass is 10.2. The van der Waals surface area contributed by atoms with E-state index in [4.69, 9.17) is 10.5 Å². The molecule has 0 amide bonds. The highest BCUT2D eigenvalue weighted by molar-refractivity contribution is 7.89. The zero-order valence-corrected chi connectivity index (χ0v) is 12.0. The van der Waals surface area contributed by atoms with Crippen molar-refractivity contribution in [1.29, 1.82) is 0 Å². The predicted octanol–water partition coefficient (Wildman–Crippen LogP) is 1.34. The van der Waals surface area contributed by atoms with Crippen LogP contribution < -0.4 is 5.73 Å². The minimum atomic E-state index is -4.08. The molecule has 2 N–H and O–H groups in total. The first kappa shape index (κ1) is 15.1. The zero-order valence-electron chi connectivity index (χ0n) is 11.1. The van der Waals surface area contributed by atoms with Crippen LogP contribution in [-0.2, 0) is 14.8 Å². The molecule has 20 heavy (non-hydrogen) atoms. The molecule has 2 unspecified atom stereocenters. The quantitative estimate of drug-likeness (QED) is 0.837. The smallest absolute Gasteiger partial charge is 0.246 e. The third-order valence-electron chi connectivity index (χ3n) is 3.19. The number of anilines is 1. The molecule has 1 heterocycles. The minimum absolute atomic E-state index is 0.111. The Bertz CT molecular complexity index is 621. The van der Waals surface area contributed by atoms with Crippen LogP contribution in [0.1, 0.15) is 13.8 Å². The molecule has 1 aromatic carbocycles. The fourth-order valence-electron chi connectivity index (χ4n) is 2.08. The van der Waals surface area contributed by atoms with Crippen molar-refractivity contribution in [2.45, 2.75) is 30.9 Å². The molecule has 0 radical (unpaired) electrons. The number of nitrogens with two attached hydrogens (primary N) is 1. The van der Waals surface area contributed by atoms with Gasteiger partial charge >= 0.3 is 0 Å². The number of nitrogen functional groups attached to an aromatic ring is 1. The van der Waals surface area contributed by atoms with Crippen LogP contribution in [0, 0.1) is 11.6 Å². The van der Waals surface area contributed by atoms with Gasteiger partial charge in [0.25, 0.3) is 0 Å². The fraction of sp³-hybridized carbons (Fsp3) is 0.500. The number of ether oxygens (including phenoxy) is 1. The summed E-state index contributed by atoms with van der Waals surface area (Å²) in [4.78, 5) is -0.614. The Morgan fingerprint density at radius 1 is 1.30 bits per heavy atom. The molecule has 1 fully saturated rings. The maximum atomic E-state index is 13.8. The number of benzene rings is 1. The summed E-state index contributed by atoms with van der Waals surface area (Å²) >= 11 is 0. The molecule has 1 aliphatic heterocycles. The van der Waals surface area contributed by atoms with Crippen LogP contribution in [-0.4, -0.2) is 38.0 Å². The van der Waals surface area contributed by atoms with Gasteiger partial charge in [0.15, 0.2) is 0 Å². The van der Waals surface area contributed by atoms with Gasteiger partial charge in [0.1, 0.15) is 16.5 Å². The Hall–Kier alpha value is -1.25. The van der Waals surface area contributed by atoms with E-state index in [1.807, 2.05) is 0 Å². The van der Waals surface area contributed by atoms with E-state index < -0.39 is 38.3 Å². The van der Waals surface area contributed by atoms with E-state index in [-0.39, 0.29) is 19.3 Å². The summed E-state index contributed by atoms with van der Waals surface area (Å²) in [5.74, 6) is -2.13. The number of rotatable bonds is 2. The molecular formula is C12H16F2N2O3S. The first-order valence-electron chi connectivity index (χ1n) is 6.11. The minimum Gasteiger partial charge on any atom is -0.396 e. The van der Waals surface area contributed by atoms with Crippen molar-refractivity contribution in [1.82, 2.24) is 4.31 Å². The second kappa shape index (κ2) is 5.27. The molecule has 112 valence electrons. The van der Waals surface area contributed by atoms with Crippen molar-refractivity contribution in [3.05, 3.63) is 23.8 Å². The number of nitrogens with zero attached hydrogens (tertiary/aromatic N) is 1. The van der Waals surface area contributed by atoms with E-state index in [0.29, 0.717) is 6.07 Å². The largest absolute Gasteiger partial charge is 0.396 e. The summed E-state index contributed by atoms with van der Waals surface area (Å²) in [7, 11) is -4.08. The molecule has 8 heteroatoms. The second-order valence-electron chi connectivity index (χ2n) is 4.87. The SMILES string of the molecule is CC1CN(S(=O)(=O)c2cc(N)c(F)cc2F)C(C)CO1. The van der Waals surface area contributed by atoms with Gasteiger partial charge in [0.2, 0.25) is 10.0 Å². The van der Waals surface area contributed by atoms with E-state index in [1.165, 1.54) is 0 Å². The Labute approximate surface area is 116 Å². The Balaban J connectivity index is 2.47. The molecule has 0 spiro atoms. The van der Waals surface area contributed by atoms with Gasteiger partial charge in [-0.1, -0.05) is 0 Å². The van der Waals surface area contributed by atoms with Crippen LogP contribution in [0.3, 0.4) is 0 Å². The highest BCUT2D eigenvalue weighted by atomic mass is 32.2. The lowest BCUT2D eigenvalue weighted by molar-refractivity contribution is -0.0171. The monoisotopic (exact) mass is 306 g/mol. The van der Waals surface area contributed by atoms with Gasteiger partial charge in [0, 0.05) is 18.7 Å². The standard InChI is InChI=1S/C12H16F2N2O3S/c1-7-6-19-8(2)5-16(7)20(17,18)12-4-11(15)9(13)3-10(12)14/h3-4,7-8H,5-6,15H2,1-2H3. The van der Waals surface area contributed by atoms with E-state index in [1.54, 1.807) is 13.8 Å². The predicted molar refractivity (Wildman–Crippen MR) is 69.5 cm³/mol. The maximum absolute atomic E-state index is 13.8. The average molecular weight is 306 g/mol. The third kappa shape index (κ3) is 2.63. The zero-order chi connectivity index (χ0) is 15.1. The molecule has 1 aromatic rings. The number of hydrogen-bond donors (Lipinski definition) is 1. The van der Waals surface area contributed by atoms with Crippen LogP contribution in [0.25, 0.3) is 0 Å². The molecule has 2 rings (SSSR count). The van der Waals surface area contributed by atoms with Crippen molar-refractivity contribution in [2.75, 3.05) is 18.9 Å². The summed E-state index contributed by atoms with van der Waals surface area (Å²) in [5.41, 5.74) is 4.92. The van der Waals surface area contributed by atoms with Crippen molar-refractivity contribution in [3.8, 4) is 0 Å². The van der Waals surface area contributed by atoms with Crippen LogP contribution in [0.4, 0.5) is 14.5 Å². The lowest BCUT2D eigenvalue weighted by Gasteiger charge is -2.35. The average Bonchev–Trinajstić information content (AvgIpc) is 2.36. The van der Waals surface area contributed by atoms with Gasteiger partial charge in [-0.15, -0.1) is 0 Å². The second-order valence-corrected chi connectivity index (χ2v) is 6.73. The van der Waals surface area contributed by atoms with Gasteiger partial charge in [-0.2, -0.15) is 4.31 Å². The highest BCUT2D eigenvalue weighted by Crippen LogP contribution is 2.27. The number of morpholine rings is 1. The van der Waals surface area contributed by atoms with E-state index in [2.05, 4.69) is 0 Å². The number of hydrogen-bond acceptors (Lipinski definition) is 4. The first-order chi connectivity index (χ1) is 9.23. The molecule has 0 saturated carbocycles. The summed E-state index contributed by atoms with van der Waals surface area (Å²) < 4.78 is 58.4. The Kier molecular flexibility index (Phi) is 3.99. The van der Waals surface area contributed by atoms with Crippen molar-refractivity contribution in [3.63, 3.8) is 0 Å². The molecule has 5 nitrogen and oxygen atoms in total. The molecule has 1 aliphatic rings. The molecule has 0 bridgehead atoms. The molecule has 1 saturated heterocycles. The maximum Gasteiger partial charge on any atom is 0.246 e. The van der Waals surface area contributed by atoms with Gasteiger partial charge in [-0.05, 0) is 19.9 Å². The molecule has 0 aromatic heterocycles. The Morgan fingerprint density at radius 2 is 1.95 bits per heavy atom. The number of sulfonamides is 1. The topological polar surface area (TPSA) is 72.6 Å². The van der Waals surface area contributed by atoms with Crippen molar-refractivity contribution < 1.29 is 21.9 Å². The summed E-state index contributed by atoms with van der Waals surface area (Å²) in [6.45, 7) is 3.72. The van der Waals surface area contributed by atoms with Crippen LogP contribution in [0.15, 0.2) is 17.0 Å². The van der Waals surface area contributed by atoms with E-state index >= 15 is 0 Å². The Morgan fingerprint density at radius 3 is 2.60 bits per heavy atom. The lowest BCUT2D eigenvalue weighted by Crippen LogP contribution is -2.50. The number of halogens is 2. The molecular weight excluding hydrogens is 290 g/mol. The third-order valence-corrected chi connectivity index (χ3v) is 5.18. The van der Waals surface area contributed by atoms with Crippen LogP contribution in [0.2, 0.25) is 0 Å². The van der Waals surface area contributed by atoms with Gasteiger partial charge < -0.3 is 10.5 Å². The van der Waals surface area contributed by atoms with Gasteiger partial charge in [-0.3, -0.25) is 0 Å². The fourth-order valence-corrected chi connectivity index (χ4v) is 3.85. The van der Waals surface area contributed by atoms with Gasteiger partial charge in [0.05, 0.1) is 18.4 Å². The highest BCUT2D eigenvalue weighted by Gasteiger charge is 2.36. The summed E-state index contributed by atoms with van der Waals surface area (Å²) in [6.07, 6.45) is -0.290. The molecule has 2 atom stereocenters. The summed E-state index contributed by atoms with van der Waals surface area (Å²) in [6, 6.07) is 0.866. The van der Waals surface area contributed by atoms with E-state index in [9.17, 15) is 17.2 Å². The van der Waals surface area contributed by atoms with Crippen LogP contribution in [0.5, 0.6) is 0 Å². The first-order valence-corrected chi connectivity index (χ1v) is 7.55. The van der Waals surface area contributed by atoms with Crippen molar-refractivity contribution in [2.24, 2.45) is 0 Å². The normalized spacial score (nSPS) is 24.8. The molecule has 0 aliphatic carbocycles. The van der Waals surface area contributed by atoms with E-state index in [0.717, 1.165) is 10.4 Å².